The topological polar surface area (TPSA) is 95.2 Å². The van der Waals surface area contributed by atoms with Gasteiger partial charge in [0.25, 0.3) is 0 Å². The van der Waals surface area contributed by atoms with Crippen molar-refractivity contribution in [2.75, 3.05) is 0 Å². The van der Waals surface area contributed by atoms with Crippen molar-refractivity contribution in [2.45, 2.75) is 19.3 Å². The molecule has 0 fully saturated rings. The van der Waals surface area contributed by atoms with Crippen molar-refractivity contribution in [2.24, 2.45) is 11.8 Å². The number of nitriles is 4. The van der Waals surface area contributed by atoms with E-state index in [1.165, 1.54) is 0 Å². The number of rotatable bonds is 0. The molecule has 0 aromatic rings. The monoisotopic (exact) mass is 196 g/mol. The van der Waals surface area contributed by atoms with E-state index >= 15 is 0 Å². The van der Waals surface area contributed by atoms with E-state index in [0.29, 0.717) is 24.0 Å². The van der Waals surface area contributed by atoms with Crippen LogP contribution in [0.1, 0.15) is 19.3 Å². The summed E-state index contributed by atoms with van der Waals surface area (Å²) >= 11 is 0. The third-order valence-electron chi connectivity index (χ3n) is 2.58. The molecule has 15 heavy (non-hydrogen) atoms. The van der Waals surface area contributed by atoms with Gasteiger partial charge in [-0.25, -0.2) is 0 Å². The van der Waals surface area contributed by atoms with Gasteiger partial charge in [-0.05, 0) is 12.8 Å². The van der Waals surface area contributed by atoms with Crippen LogP contribution in [0.3, 0.4) is 0 Å². The van der Waals surface area contributed by atoms with Gasteiger partial charge in [-0.2, -0.15) is 21.0 Å². The molecule has 0 saturated carbocycles. The second-order valence-corrected chi connectivity index (χ2v) is 3.39. The van der Waals surface area contributed by atoms with Gasteiger partial charge in [-0.15, -0.1) is 0 Å². The predicted molar refractivity (Wildman–Crippen MR) is 50.3 cm³/mol. The predicted octanol–water partition coefficient (Wildman–Crippen LogP) is 1.79. The van der Waals surface area contributed by atoms with Crippen LogP contribution in [-0.2, 0) is 0 Å². The van der Waals surface area contributed by atoms with Gasteiger partial charge >= 0.3 is 0 Å². The van der Waals surface area contributed by atoms with Crippen LogP contribution in [0.25, 0.3) is 0 Å². The summed E-state index contributed by atoms with van der Waals surface area (Å²) in [7, 11) is 0. The van der Waals surface area contributed by atoms with Crippen LogP contribution in [0.15, 0.2) is 11.1 Å². The van der Waals surface area contributed by atoms with Gasteiger partial charge in [0.2, 0.25) is 0 Å². The molecule has 1 rings (SSSR count). The molecule has 4 nitrogen and oxygen atoms in total. The smallest absolute Gasteiger partial charge is 0.0957 e. The third kappa shape index (κ3) is 2.14. The summed E-state index contributed by atoms with van der Waals surface area (Å²) in [4.78, 5) is 0. The quantitative estimate of drug-likeness (QED) is 0.590. The summed E-state index contributed by atoms with van der Waals surface area (Å²) in [5.41, 5.74) is 0.789. The standard InChI is InChI=1S/C11H8N4/c12-4-8-1-2-9(5-13)11(7-15)3-10(8)6-14/h8,10H,1-3H2. The Morgan fingerprint density at radius 3 is 1.93 bits per heavy atom. The summed E-state index contributed by atoms with van der Waals surface area (Å²) in [6.07, 6.45) is 1.15. The van der Waals surface area contributed by atoms with Gasteiger partial charge < -0.3 is 0 Å². The lowest BCUT2D eigenvalue weighted by atomic mass is 9.89. The molecule has 0 amide bonds. The van der Waals surface area contributed by atoms with Gasteiger partial charge in [-0.1, -0.05) is 0 Å². The van der Waals surface area contributed by atoms with Crippen LogP contribution >= 0.6 is 0 Å². The van der Waals surface area contributed by atoms with Gasteiger partial charge in [0.05, 0.1) is 36.1 Å². The zero-order valence-corrected chi connectivity index (χ0v) is 8.06. The molecule has 0 aromatic heterocycles. The summed E-state index contributed by atoms with van der Waals surface area (Å²) in [5.74, 6) is -0.834. The van der Waals surface area contributed by atoms with E-state index in [1.54, 1.807) is 0 Å². The maximum Gasteiger partial charge on any atom is 0.0957 e. The first kappa shape index (κ1) is 10.8. The Kier molecular flexibility index (Phi) is 3.45. The van der Waals surface area contributed by atoms with E-state index in [-0.39, 0.29) is 12.3 Å². The van der Waals surface area contributed by atoms with Gasteiger partial charge in [0, 0.05) is 17.6 Å². The molecule has 0 aliphatic heterocycles. The number of nitrogens with zero attached hydrogens (tertiary/aromatic N) is 4. The fourth-order valence-electron chi connectivity index (χ4n) is 1.66. The minimum absolute atomic E-state index is 0.230. The summed E-state index contributed by atoms with van der Waals surface area (Å²) in [6, 6.07) is 8.03. The van der Waals surface area contributed by atoms with E-state index in [2.05, 4.69) is 6.07 Å². The third-order valence-corrected chi connectivity index (χ3v) is 2.58. The second kappa shape index (κ2) is 4.80. The van der Waals surface area contributed by atoms with E-state index in [1.807, 2.05) is 18.2 Å². The molecule has 2 atom stereocenters. The zero-order valence-electron chi connectivity index (χ0n) is 8.06. The first-order valence-electron chi connectivity index (χ1n) is 4.58. The Morgan fingerprint density at radius 1 is 0.867 bits per heavy atom. The SMILES string of the molecule is N#CC1=C(C#N)CC(C#N)C(C#N)CC1. The molecule has 72 valence electrons. The van der Waals surface area contributed by atoms with Crippen LogP contribution in [0, 0.1) is 57.2 Å². The molecule has 0 saturated heterocycles. The molecule has 0 N–H and O–H groups in total. The largest absolute Gasteiger partial charge is 0.198 e. The number of hydrogen-bond acceptors (Lipinski definition) is 4. The average Bonchev–Trinajstić information content (AvgIpc) is 2.46. The highest BCUT2D eigenvalue weighted by molar-refractivity contribution is 5.38. The summed E-state index contributed by atoms with van der Waals surface area (Å²) in [6.45, 7) is 0. The van der Waals surface area contributed by atoms with Crippen molar-refractivity contribution < 1.29 is 0 Å². The van der Waals surface area contributed by atoms with E-state index in [4.69, 9.17) is 21.0 Å². The molecule has 1 aliphatic carbocycles. The second-order valence-electron chi connectivity index (χ2n) is 3.39. The highest BCUT2D eigenvalue weighted by Crippen LogP contribution is 2.31. The fraction of sp³-hybridized carbons (Fsp3) is 0.455. The molecular formula is C11H8N4. The Bertz CT molecular complexity index is 447. The molecule has 0 bridgehead atoms. The van der Waals surface area contributed by atoms with Gasteiger partial charge in [0.1, 0.15) is 0 Å². The molecule has 0 heterocycles. The van der Waals surface area contributed by atoms with Gasteiger partial charge in [0.15, 0.2) is 0 Å². The first-order chi connectivity index (χ1) is 7.26. The van der Waals surface area contributed by atoms with Crippen LogP contribution in [0.5, 0.6) is 0 Å². The molecule has 4 heteroatoms. The van der Waals surface area contributed by atoms with Crippen molar-refractivity contribution in [3.05, 3.63) is 11.1 Å². The molecule has 0 aromatic carbocycles. The Labute approximate surface area is 88.3 Å². The number of allylic oxidation sites excluding steroid dienone is 2. The highest BCUT2D eigenvalue weighted by atomic mass is 14.4. The lowest BCUT2D eigenvalue weighted by molar-refractivity contribution is 0.479. The first-order valence-corrected chi connectivity index (χ1v) is 4.58. The minimum atomic E-state index is -0.463. The molecule has 0 spiro atoms. The van der Waals surface area contributed by atoms with Crippen molar-refractivity contribution in [3.8, 4) is 24.3 Å². The minimum Gasteiger partial charge on any atom is -0.198 e. The van der Waals surface area contributed by atoms with Crippen molar-refractivity contribution >= 4 is 0 Å². The number of hydrogen-bond donors (Lipinski definition) is 0. The zero-order chi connectivity index (χ0) is 11.3. The maximum atomic E-state index is 8.87. The maximum absolute atomic E-state index is 8.87. The van der Waals surface area contributed by atoms with Crippen LogP contribution in [0.2, 0.25) is 0 Å². The van der Waals surface area contributed by atoms with Crippen LogP contribution < -0.4 is 0 Å². The van der Waals surface area contributed by atoms with Crippen molar-refractivity contribution in [3.63, 3.8) is 0 Å². The molecule has 1 aliphatic rings. The Hall–Kier alpha value is -2.30. The lowest BCUT2D eigenvalue weighted by Gasteiger charge is -2.09. The normalized spacial score (nSPS) is 25.3. The van der Waals surface area contributed by atoms with Crippen molar-refractivity contribution in [1.29, 1.82) is 21.0 Å². The van der Waals surface area contributed by atoms with E-state index < -0.39 is 5.92 Å². The lowest BCUT2D eigenvalue weighted by Crippen LogP contribution is -2.09. The molecular weight excluding hydrogens is 188 g/mol. The van der Waals surface area contributed by atoms with Crippen LogP contribution in [0.4, 0.5) is 0 Å². The Balaban J connectivity index is 3.05. The van der Waals surface area contributed by atoms with E-state index in [0.717, 1.165) is 0 Å². The van der Waals surface area contributed by atoms with Crippen molar-refractivity contribution in [1.82, 2.24) is 0 Å². The molecule has 0 radical (unpaired) electrons. The van der Waals surface area contributed by atoms with Crippen LogP contribution in [-0.4, -0.2) is 0 Å². The Morgan fingerprint density at radius 2 is 1.47 bits per heavy atom. The average molecular weight is 196 g/mol. The molecule has 2 unspecified atom stereocenters. The summed E-state index contributed by atoms with van der Waals surface area (Å²) < 4.78 is 0. The fourth-order valence-corrected chi connectivity index (χ4v) is 1.66. The highest BCUT2D eigenvalue weighted by Gasteiger charge is 2.27. The summed E-state index contributed by atoms with van der Waals surface area (Å²) in [5, 5.41) is 35.4. The van der Waals surface area contributed by atoms with Gasteiger partial charge in [-0.3, -0.25) is 0 Å². The van der Waals surface area contributed by atoms with E-state index in [9.17, 15) is 0 Å².